The van der Waals surface area contributed by atoms with Crippen molar-refractivity contribution >= 4 is 22.6 Å². The molecule has 5 rings (SSSR count). The van der Waals surface area contributed by atoms with Crippen LogP contribution in [0.2, 0.25) is 0 Å². The number of likely N-dealkylation sites (tertiary alicyclic amines) is 1. The molecule has 8 nitrogen and oxygen atoms in total. The Morgan fingerprint density at radius 3 is 2.77 bits per heavy atom. The van der Waals surface area contributed by atoms with Gasteiger partial charge in [-0.25, -0.2) is 9.97 Å². The highest BCUT2D eigenvalue weighted by Gasteiger charge is 2.20. The first kappa shape index (κ1) is 19.3. The molecule has 1 aliphatic rings. The van der Waals surface area contributed by atoms with E-state index in [4.69, 9.17) is 4.42 Å². The number of amides is 1. The zero-order valence-electron chi connectivity index (χ0n) is 17.2. The third kappa shape index (κ3) is 4.15. The summed E-state index contributed by atoms with van der Waals surface area (Å²) >= 11 is 0. The van der Waals surface area contributed by atoms with Crippen molar-refractivity contribution < 1.29 is 9.21 Å². The van der Waals surface area contributed by atoms with E-state index < -0.39 is 0 Å². The third-order valence-corrected chi connectivity index (χ3v) is 5.71. The molecule has 0 saturated carbocycles. The molecule has 0 radical (unpaired) electrons. The summed E-state index contributed by atoms with van der Waals surface area (Å²) in [5.74, 6) is 1.28. The Morgan fingerprint density at radius 1 is 1.10 bits per heavy atom. The van der Waals surface area contributed by atoms with Crippen molar-refractivity contribution in [3.63, 3.8) is 0 Å². The van der Waals surface area contributed by atoms with Crippen molar-refractivity contribution in [3.8, 4) is 11.3 Å². The second kappa shape index (κ2) is 8.23. The van der Waals surface area contributed by atoms with Crippen molar-refractivity contribution in [1.82, 2.24) is 24.8 Å². The van der Waals surface area contributed by atoms with Crippen molar-refractivity contribution in [2.24, 2.45) is 0 Å². The van der Waals surface area contributed by atoms with E-state index in [-0.39, 0.29) is 5.91 Å². The molecule has 31 heavy (non-hydrogen) atoms. The quantitative estimate of drug-likeness (QED) is 0.543. The Labute approximate surface area is 179 Å². The standard InChI is InChI=1S/C23H22N6O2/c1-29-6-3-15(4-7-29)19-9-16(2-5-25-19)23(30)28-22-10-17-8-18(21-13-24-14-31-21)11-26-20(17)12-27-22/h2,5,8-15H,3-4,6-7H2,1H3,(H,27,28,30). The average Bonchev–Trinajstić information content (AvgIpc) is 3.34. The largest absolute Gasteiger partial charge is 0.443 e. The fraction of sp³-hybridized carbons (Fsp3) is 0.261. The van der Waals surface area contributed by atoms with Gasteiger partial charge >= 0.3 is 0 Å². The van der Waals surface area contributed by atoms with Crippen molar-refractivity contribution in [1.29, 1.82) is 0 Å². The maximum Gasteiger partial charge on any atom is 0.256 e. The Balaban J connectivity index is 1.35. The number of piperidine rings is 1. The van der Waals surface area contributed by atoms with E-state index in [0.29, 0.717) is 23.1 Å². The van der Waals surface area contributed by atoms with Crippen LogP contribution in [-0.2, 0) is 0 Å². The molecule has 5 heterocycles. The number of carbonyl (C=O) groups excluding carboxylic acids is 1. The summed E-state index contributed by atoms with van der Waals surface area (Å²) in [6.45, 7) is 2.10. The molecule has 0 bridgehead atoms. The first-order valence-electron chi connectivity index (χ1n) is 10.3. The zero-order valence-corrected chi connectivity index (χ0v) is 17.2. The lowest BCUT2D eigenvalue weighted by molar-refractivity contribution is 0.102. The molecule has 0 spiro atoms. The van der Waals surface area contributed by atoms with Gasteiger partial charge in [0.25, 0.3) is 5.91 Å². The predicted molar refractivity (Wildman–Crippen MR) is 117 cm³/mol. The van der Waals surface area contributed by atoms with Crippen LogP contribution in [0.1, 0.15) is 34.8 Å². The van der Waals surface area contributed by atoms with Crippen LogP contribution in [0.5, 0.6) is 0 Å². The van der Waals surface area contributed by atoms with Gasteiger partial charge in [-0.1, -0.05) is 0 Å². The number of hydrogen-bond donors (Lipinski definition) is 1. The minimum Gasteiger partial charge on any atom is -0.443 e. The fourth-order valence-corrected chi connectivity index (χ4v) is 3.90. The molecule has 0 unspecified atom stereocenters. The van der Waals surface area contributed by atoms with Gasteiger partial charge in [0.2, 0.25) is 0 Å². The van der Waals surface area contributed by atoms with Gasteiger partial charge < -0.3 is 14.6 Å². The summed E-state index contributed by atoms with van der Waals surface area (Å²) in [5.41, 5.74) is 3.10. The van der Waals surface area contributed by atoms with Gasteiger partial charge in [-0.05, 0) is 57.2 Å². The third-order valence-electron chi connectivity index (χ3n) is 5.71. The minimum atomic E-state index is -0.206. The van der Waals surface area contributed by atoms with E-state index in [1.807, 2.05) is 12.1 Å². The van der Waals surface area contributed by atoms with Gasteiger partial charge in [0.05, 0.1) is 17.9 Å². The molecular weight excluding hydrogens is 392 g/mol. The van der Waals surface area contributed by atoms with Crippen molar-refractivity contribution in [3.05, 3.63) is 66.7 Å². The number of pyridine rings is 3. The number of fused-ring (bicyclic) bond motifs is 1. The van der Waals surface area contributed by atoms with E-state index in [2.05, 4.69) is 37.2 Å². The second-order valence-corrected chi connectivity index (χ2v) is 7.85. The van der Waals surface area contributed by atoms with Crippen LogP contribution in [0.25, 0.3) is 22.2 Å². The summed E-state index contributed by atoms with van der Waals surface area (Å²) in [5, 5.41) is 3.74. The molecule has 1 aliphatic heterocycles. The maximum atomic E-state index is 12.9. The normalized spacial score (nSPS) is 15.3. The number of anilines is 1. The highest BCUT2D eigenvalue weighted by atomic mass is 16.3. The van der Waals surface area contributed by atoms with Crippen LogP contribution in [0.15, 0.2) is 59.9 Å². The summed E-state index contributed by atoms with van der Waals surface area (Å²) in [7, 11) is 2.13. The number of nitrogens with zero attached hydrogens (tertiary/aromatic N) is 5. The van der Waals surface area contributed by atoms with Crippen LogP contribution in [0.3, 0.4) is 0 Å². The lowest BCUT2D eigenvalue weighted by Crippen LogP contribution is -2.29. The van der Waals surface area contributed by atoms with E-state index in [1.54, 1.807) is 36.9 Å². The molecule has 4 aromatic heterocycles. The van der Waals surface area contributed by atoms with Crippen LogP contribution in [-0.4, -0.2) is 50.9 Å². The summed E-state index contributed by atoms with van der Waals surface area (Å²) < 4.78 is 5.34. The lowest BCUT2D eigenvalue weighted by Gasteiger charge is -2.28. The Bertz CT molecular complexity index is 1220. The minimum absolute atomic E-state index is 0.206. The molecule has 1 N–H and O–H groups in total. The van der Waals surface area contributed by atoms with E-state index in [0.717, 1.165) is 48.1 Å². The molecule has 1 fully saturated rings. The monoisotopic (exact) mass is 414 g/mol. The lowest BCUT2D eigenvalue weighted by atomic mass is 9.92. The SMILES string of the molecule is CN1CCC(c2cc(C(=O)Nc3cc4cc(-c5cnco5)cnc4cn3)ccn2)CC1. The summed E-state index contributed by atoms with van der Waals surface area (Å²) in [6.07, 6.45) is 10.2. The van der Waals surface area contributed by atoms with Crippen LogP contribution < -0.4 is 5.32 Å². The van der Waals surface area contributed by atoms with Gasteiger partial charge in [-0.15, -0.1) is 0 Å². The Hall–Kier alpha value is -3.65. The number of rotatable bonds is 4. The first-order chi connectivity index (χ1) is 15.2. The summed E-state index contributed by atoms with van der Waals surface area (Å²) in [6, 6.07) is 7.37. The average molecular weight is 414 g/mol. The fourth-order valence-electron chi connectivity index (χ4n) is 3.90. The molecule has 0 aromatic carbocycles. The number of oxazole rings is 1. The molecule has 0 atom stereocenters. The van der Waals surface area contributed by atoms with Crippen LogP contribution in [0.4, 0.5) is 5.82 Å². The predicted octanol–water partition coefficient (Wildman–Crippen LogP) is 3.74. The van der Waals surface area contributed by atoms with Gasteiger partial charge in [-0.3, -0.25) is 14.8 Å². The Kier molecular flexibility index (Phi) is 5.13. The van der Waals surface area contributed by atoms with E-state index in [1.165, 1.54) is 6.39 Å². The topological polar surface area (TPSA) is 97.0 Å². The van der Waals surface area contributed by atoms with Gasteiger partial charge in [0.15, 0.2) is 12.2 Å². The van der Waals surface area contributed by atoms with Crippen molar-refractivity contribution in [2.45, 2.75) is 18.8 Å². The number of carbonyl (C=O) groups is 1. The smallest absolute Gasteiger partial charge is 0.256 e. The number of nitrogens with one attached hydrogen (secondary N) is 1. The van der Waals surface area contributed by atoms with E-state index in [9.17, 15) is 4.79 Å². The molecule has 4 aromatic rings. The van der Waals surface area contributed by atoms with E-state index >= 15 is 0 Å². The highest BCUT2D eigenvalue weighted by molar-refractivity contribution is 6.04. The van der Waals surface area contributed by atoms with Crippen LogP contribution in [0, 0.1) is 0 Å². The molecule has 1 amide bonds. The number of aromatic nitrogens is 4. The molecule has 8 heteroatoms. The van der Waals surface area contributed by atoms with Crippen LogP contribution >= 0.6 is 0 Å². The molecule has 0 aliphatic carbocycles. The molecule has 156 valence electrons. The second-order valence-electron chi connectivity index (χ2n) is 7.85. The van der Waals surface area contributed by atoms with Gasteiger partial charge in [0, 0.05) is 40.5 Å². The zero-order chi connectivity index (χ0) is 21.2. The number of hydrogen-bond acceptors (Lipinski definition) is 7. The summed E-state index contributed by atoms with van der Waals surface area (Å²) in [4.78, 5) is 32.4. The van der Waals surface area contributed by atoms with Gasteiger partial charge in [0.1, 0.15) is 5.82 Å². The molecule has 1 saturated heterocycles. The molecular formula is C23H22N6O2. The maximum absolute atomic E-state index is 12.9. The van der Waals surface area contributed by atoms with Crippen molar-refractivity contribution in [2.75, 3.05) is 25.5 Å². The highest BCUT2D eigenvalue weighted by Crippen LogP contribution is 2.27. The Morgan fingerprint density at radius 2 is 1.97 bits per heavy atom. The first-order valence-corrected chi connectivity index (χ1v) is 10.3. The van der Waals surface area contributed by atoms with Gasteiger partial charge in [-0.2, -0.15) is 0 Å².